The third kappa shape index (κ3) is 3.75. The Morgan fingerprint density at radius 1 is 1.10 bits per heavy atom. The number of halogens is 1. The van der Waals surface area contributed by atoms with Gasteiger partial charge in [-0.1, -0.05) is 23.7 Å². The molecule has 0 atom stereocenters. The summed E-state index contributed by atoms with van der Waals surface area (Å²) in [6, 6.07) is 10.2. The van der Waals surface area contributed by atoms with Gasteiger partial charge in [-0.25, -0.2) is 8.42 Å². The van der Waals surface area contributed by atoms with Crippen LogP contribution in [0, 0.1) is 13.8 Å². The highest BCUT2D eigenvalue weighted by atomic mass is 35.5. The van der Waals surface area contributed by atoms with Gasteiger partial charge in [0.15, 0.2) is 0 Å². The Morgan fingerprint density at radius 2 is 1.71 bits per heavy atom. The summed E-state index contributed by atoms with van der Waals surface area (Å²) in [4.78, 5) is 0.0422. The monoisotopic (exact) mass is 324 g/mol. The van der Waals surface area contributed by atoms with Crippen LogP contribution in [0.1, 0.15) is 16.7 Å². The second-order valence-electron chi connectivity index (χ2n) is 4.95. The van der Waals surface area contributed by atoms with Crippen molar-refractivity contribution in [2.24, 2.45) is 5.73 Å². The molecular formula is C15H17ClN2O2S. The van der Waals surface area contributed by atoms with E-state index in [2.05, 4.69) is 4.72 Å². The molecule has 6 heteroatoms. The average molecular weight is 325 g/mol. The van der Waals surface area contributed by atoms with Crippen LogP contribution in [0.5, 0.6) is 0 Å². The van der Waals surface area contributed by atoms with Crippen molar-refractivity contribution >= 4 is 27.3 Å². The lowest BCUT2D eigenvalue weighted by Gasteiger charge is -2.11. The van der Waals surface area contributed by atoms with Crippen LogP contribution in [0.2, 0.25) is 5.02 Å². The molecule has 2 aromatic carbocycles. The lowest BCUT2D eigenvalue weighted by molar-refractivity contribution is 0.601. The molecule has 3 N–H and O–H groups in total. The van der Waals surface area contributed by atoms with Gasteiger partial charge in [-0.15, -0.1) is 0 Å². The lowest BCUT2D eigenvalue weighted by Crippen LogP contribution is -2.14. The van der Waals surface area contributed by atoms with Gasteiger partial charge in [0.1, 0.15) is 4.90 Å². The number of nitrogens with one attached hydrogen (secondary N) is 1. The van der Waals surface area contributed by atoms with Crippen molar-refractivity contribution in [2.75, 3.05) is 4.72 Å². The van der Waals surface area contributed by atoms with E-state index in [1.807, 2.05) is 19.9 Å². The predicted molar refractivity (Wildman–Crippen MR) is 86.1 cm³/mol. The van der Waals surface area contributed by atoms with Crippen molar-refractivity contribution in [3.8, 4) is 0 Å². The van der Waals surface area contributed by atoms with Gasteiger partial charge in [-0.3, -0.25) is 4.72 Å². The third-order valence-electron chi connectivity index (χ3n) is 3.00. The normalized spacial score (nSPS) is 11.4. The SMILES string of the molecule is Cc1cc(C)cc(NS(=O)(=O)c2ccc(CN)cc2Cl)c1. The number of anilines is 1. The highest BCUT2D eigenvalue weighted by Gasteiger charge is 2.18. The predicted octanol–water partition coefficient (Wildman–Crippen LogP) is 3.22. The summed E-state index contributed by atoms with van der Waals surface area (Å²) >= 11 is 6.05. The van der Waals surface area contributed by atoms with E-state index in [4.69, 9.17) is 17.3 Å². The number of hydrogen-bond acceptors (Lipinski definition) is 3. The van der Waals surface area contributed by atoms with Crippen LogP contribution in [0.4, 0.5) is 5.69 Å². The van der Waals surface area contributed by atoms with Crippen LogP contribution in [0.25, 0.3) is 0 Å². The molecule has 4 nitrogen and oxygen atoms in total. The first kappa shape index (κ1) is 15.8. The first-order valence-corrected chi connectivity index (χ1v) is 8.27. The van der Waals surface area contributed by atoms with E-state index in [0.29, 0.717) is 12.2 Å². The van der Waals surface area contributed by atoms with Gasteiger partial charge >= 0.3 is 0 Å². The Morgan fingerprint density at radius 3 is 2.24 bits per heavy atom. The topological polar surface area (TPSA) is 72.2 Å². The number of rotatable bonds is 4. The second-order valence-corrected chi connectivity index (χ2v) is 7.01. The quantitative estimate of drug-likeness (QED) is 0.907. The second kappa shape index (κ2) is 6.05. The first-order valence-electron chi connectivity index (χ1n) is 6.41. The van der Waals surface area contributed by atoms with Gasteiger partial charge in [0.2, 0.25) is 0 Å². The van der Waals surface area contributed by atoms with Crippen LogP contribution in [0.15, 0.2) is 41.3 Å². The highest BCUT2D eigenvalue weighted by molar-refractivity contribution is 7.92. The minimum absolute atomic E-state index is 0.0422. The number of benzene rings is 2. The molecule has 0 unspecified atom stereocenters. The number of aryl methyl sites for hydroxylation is 2. The van der Waals surface area contributed by atoms with Crippen molar-refractivity contribution in [1.82, 2.24) is 0 Å². The maximum Gasteiger partial charge on any atom is 0.263 e. The summed E-state index contributed by atoms with van der Waals surface area (Å²) in [5.74, 6) is 0. The Balaban J connectivity index is 2.38. The molecule has 21 heavy (non-hydrogen) atoms. The van der Waals surface area contributed by atoms with Crippen molar-refractivity contribution in [3.05, 3.63) is 58.1 Å². The van der Waals surface area contributed by atoms with Gasteiger partial charge in [-0.2, -0.15) is 0 Å². The van der Waals surface area contributed by atoms with Gasteiger partial charge in [-0.05, 0) is 54.8 Å². The summed E-state index contributed by atoms with van der Waals surface area (Å²) in [5, 5.41) is 0.162. The first-order chi connectivity index (χ1) is 9.81. The summed E-state index contributed by atoms with van der Waals surface area (Å²) in [5.41, 5.74) is 8.78. The summed E-state index contributed by atoms with van der Waals surface area (Å²) < 4.78 is 27.4. The number of nitrogens with two attached hydrogens (primary N) is 1. The molecule has 0 aromatic heterocycles. The Bertz CT molecular complexity index is 753. The zero-order chi connectivity index (χ0) is 15.6. The summed E-state index contributed by atoms with van der Waals surface area (Å²) in [6.45, 7) is 4.13. The summed E-state index contributed by atoms with van der Waals surface area (Å²) in [6.07, 6.45) is 0. The minimum atomic E-state index is -3.73. The molecular weight excluding hydrogens is 308 g/mol. The van der Waals surface area contributed by atoms with Crippen LogP contribution in [0.3, 0.4) is 0 Å². The molecule has 0 aliphatic heterocycles. The van der Waals surface area contributed by atoms with Crippen LogP contribution < -0.4 is 10.5 Å². The van der Waals surface area contributed by atoms with E-state index in [-0.39, 0.29) is 9.92 Å². The molecule has 0 amide bonds. The van der Waals surface area contributed by atoms with Crippen LogP contribution >= 0.6 is 11.6 Å². The van der Waals surface area contributed by atoms with E-state index in [0.717, 1.165) is 16.7 Å². The zero-order valence-electron chi connectivity index (χ0n) is 11.9. The molecule has 0 bridgehead atoms. The van der Waals surface area contributed by atoms with E-state index in [1.165, 1.54) is 6.07 Å². The van der Waals surface area contributed by atoms with E-state index in [9.17, 15) is 8.42 Å². The molecule has 0 fully saturated rings. The van der Waals surface area contributed by atoms with Gasteiger partial charge in [0.05, 0.1) is 5.02 Å². The number of sulfonamides is 1. The molecule has 0 heterocycles. The molecule has 0 radical (unpaired) electrons. The van der Waals surface area contributed by atoms with Gasteiger partial charge in [0, 0.05) is 12.2 Å². The van der Waals surface area contributed by atoms with Gasteiger partial charge in [0.25, 0.3) is 10.0 Å². The zero-order valence-corrected chi connectivity index (χ0v) is 13.4. The van der Waals surface area contributed by atoms with Crippen molar-refractivity contribution in [3.63, 3.8) is 0 Å². The Kier molecular flexibility index (Phi) is 4.56. The standard InChI is InChI=1S/C15H17ClN2O2S/c1-10-5-11(2)7-13(6-10)18-21(19,20)15-4-3-12(9-17)8-14(15)16/h3-8,18H,9,17H2,1-2H3. The molecule has 2 rings (SSSR count). The Labute approximate surface area is 130 Å². The van der Waals surface area contributed by atoms with E-state index in [1.54, 1.807) is 24.3 Å². The number of hydrogen-bond donors (Lipinski definition) is 2. The highest BCUT2D eigenvalue weighted by Crippen LogP contribution is 2.25. The van der Waals surface area contributed by atoms with E-state index >= 15 is 0 Å². The maximum absolute atomic E-state index is 12.4. The molecule has 0 aliphatic carbocycles. The lowest BCUT2D eigenvalue weighted by atomic mass is 10.1. The molecule has 0 saturated carbocycles. The van der Waals surface area contributed by atoms with E-state index < -0.39 is 10.0 Å². The van der Waals surface area contributed by atoms with Crippen LogP contribution in [-0.4, -0.2) is 8.42 Å². The van der Waals surface area contributed by atoms with Crippen molar-refractivity contribution in [1.29, 1.82) is 0 Å². The smallest absolute Gasteiger partial charge is 0.263 e. The molecule has 112 valence electrons. The van der Waals surface area contributed by atoms with Crippen molar-refractivity contribution < 1.29 is 8.42 Å². The molecule has 0 spiro atoms. The average Bonchev–Trinajstić information content (AvgIpc) is 2.36. The fraction of sp³-hybridized carbons (Fsp3) is 0.200. The molecule has 2 aromatic rings. The Hall–Kier alpha value is -1.56. The maximum atomic E-state index is 12.4. The molecule has 0 aliphatic rings. The fourth-order valence-corrected chi connectivity index (χ4v) is 3.74. The minimum Gasteiger partial charge on any atom is -0.326 e. The third-order valence-corrected chi connectivity index (χ3v) is 4.86. The largest absolute Gasteiger partial charge is 0.326 e. The molecule has 0 saturated heterocycles. The fourth-order valence-electron chi connectivity index (χ4n) is 2.13. The van der Waals surface area contributed by atoms with Crippen LogP contribution in [-0.2, 0) is 16.6 Å². The van der Waals surface area contributed by atoms with Gasteiger partial charge < -0.3 is 5.73 Å². The van der Waals surface area contributed by atoms with Crippen molar-refractivity contribution in [2.45, 2.75) is 25.3 Å². The summed E-state index contributed by atoms with van der Waals surface area (Å²) in [7, 11) is -3.73.